The molecule has 0 radical (unpaired) electrons. The molecule has 0 aliphatic carbocycles. The maximum atomic E-state index is 13.3. The first-order chi connectivity index (χ1) is 17.7. The molecule has 0 unspecified atom stereocenters. The van der Waals surface area contributed by atoms with Gasteiger partial charge in [0.1, 0.15) is 10.0 Å². The summed E-state index contributed by atoms with van der Waals surface area (Å²) in [6.07, 6.45) is 0. The average molecular weight is 531 g/mol. The van der Waals surface area contributed by atoms with Crippen molar-refractivity contribution < 1.29 is 18.2 Å². The second-order valence-electron chi connectivity index (χ2n) is 8.65. The molecular formula is C28H23ClN4O3S. The van der Waals surface area contributed by atoms with Crippen LogP contribution in [-0.2, 0) is 10.0 Å². The van der Waals surface area contributed by atoms with Gasteiger partial charge in [0.25, 0.3) is 11.7 Å². The molecule has 9 heteroatoms. The van der Waals surface area contributed by atoms with Crippen LogP contribution in [0.5, 0.6) is 0 Å². The summed E-state index contributed by atoms with van der Waals surface area (Å²) in [5, 5.41) is 2.99. The molecule has 0 bridgehead atoms. The molecular weight excluding hydrogens is 508 g/mol. The summed E-state index contributed by atoms with van der Waals surface area (Å²) >= 11 is 6.32. The molecule has 0 fully saturated rings. The molecule has 0 aliphatic rings. The minimum Gasteiger partial charge on any atom is -0.573 e. The van der Waals surface area contributed by atoms with E-state index in [2.05, 4.69) is 20.0 Å². The van der Waals surface area contributed by atoms with E-state index in [4.69, 9.17) is 11.6 Å². The van der Waals surface area contributed by atoms with Crippen LogP contribution in [0.2, 0.25) is 5.02 Å². The monoisotopic (exact) mass is 530 g/mol. The molecule has 1 heterocycles. The zero-order valence-corrected chi connectivity index (χ0v) is 21.6. The number of aromatic amines is 2. The summed E-state index contributed by atoms with van der Waals surface area (Å²) in [7, 11) is -4.08. The Bertz CT molecular complexity index is 1730. The van der Waals surface area contributed by atoms with E-state index < -0.39 is 15.9 Å². The first-order valence-electron chi connectivity index (χ1n) is 11.5. The molecule has 0 atom stereocenters. The average Bonchev–Trinajstić information content (AvgIpc) is 3.30. The van der Waals surface area contributed by atoms with Crippen LogP contribution >= 0.6 is 11.6 Å². The molecule has 4 aromatic carbocycles. The van der Waals surface area contributed by atoms with E-state index in [1.54, 1.807) is 24.3 Å². The second kappa shape index (κ2) is 9.72. The van der Waals surface area contributed by atoms with E-state index in [9.17, 15) is 13.2 Å². The van der Waals surface area contributed by atoms with Crippen LogP contribution in [0, 0.1) is 13.8 Å². The largest absolute Gasteiger partial charge is 0.573 e. The second-order valence-corrected chi connectivity index (χ2v) is 10.7. The van der Waals surface area contributed by atoms with Gasteiger partial charge in [-0.05, 0) is 67.4 Å². The maximum absolute atomic E-state index is 13.3. The van der Waals surface area contributed by atoms with Gasteiger partial charge >= 0.3 is 0 Å². The number of hydrogen-bond acceptors (Lipinski definition) is 3. The topological polar surface area (TPSA) is 107 Å². The summed E-state index contributed by atoms with van der Waals surface area (Å²) in [4.78, 5) is 19.8. The molecule has 1 aromatic heterocycles. The van der Waals surface area contributed by atoms with Crippen molar-refractivity contribution in [3.05, 3.63) is 111 Å². The SMILES string of the molecule is Cc1ccc([N-]S(=O)(=O)c2ccc(Cl)c(C(=O)Nc3ccccc3-c3[nH]c4ccccc4[nH+]3)c2)cc1C. The minimum atomic E-state index is -4.08. The lowest BCUT2D eigenvalue weighted by atomic mass is 10.1. The van der Waals surface area contributed by atoms with Gasteiger partial charge in [-0.3, -0.25) is 4.79 Å². The lowest BCUT2D eigenvalue weighted by Crippen LogP contribution is -2.15. The molecule has 0 saturated heterocycles. The summed E-state index contributed by atoms with van der Waals surface area (Å²) in [6, 6.07) is 24.2. The van der Waals surface area contributed by atoms with Gasteiger partial charge in [-0.1, -0.05) is 54.1 Å². The lowest BCUT2D eigenvalue weighted by molar-refractivity contribution is -0.330. The van der Waals surface area contributed by atoms with Crippen LogP contribution < -0.4 is 10.3 Å². The summed E-state index contributed by atoms with van der Waals surface area (Å²) in [6.45, 7) is 3.82. The quantitative estimate of drug-likeness (QED) is 0.259. The van der Waals surface area contributed by atoms with Crippen LogP contribution in [0.4, 0.5) is 11.4 Å². The number of rotatable bonds is 6. The van der Waals surface area contributed by atoms with Gasteiger partial charge in [0.05, 0.1) is 26.7 Å². The number of carbonyl (C=O) groups is 1. The standard InChI is InChI=1S/C28H22ClN4O3S/c1-17-11-12-19(15-18(17)2)33-37(35,36)20-13-14-23(29)22(16-20)28(34)32-24-8-4-3-7-21(24)27-30-25-9-5-6-10-26(25)31-27/h3-16H,1-2H3,(H2,30,31,32,34)/q-1/p+1. The Hall–Kier alpha value is -4.14. The molecule has 0 saturated carbocycles. The zero-order chi connectivity index (χ0) is 26.2. The summed E-state index contributed by atoms with van der Waals surface area (Å²) in [5.41, 5.74) is 5.40. The zero-order valence-electron chi connectivity index (χ0n) is 20.0. The number of amides is 1. The number of aromatic nitrogens is 2. The Labute approximate surface area is 219 Å². The smallest absolute Gasteiger partial charge is 0.287 e. The molecule has 7 nitrogen and oxygen atoms in total. The molecule has 186 valence electrons. The molecule has 0 aliphatic heterocycles. The van der Waals surface area contributed by atoms with Crippen LogP contribution in [0.1, 0.15) is 21.5 Å². The number of carbonyl (C=O) groups excluding carboxylic acids is 1. The van der Waals surface area contributed by atoms with Gasteiger partial charge in [0.2, 0.25) is 0 Å². The van der Waals surface area contributed by atoms with Crippen LogP contribution in [0.15, 0.2) is 89.8 Å². The van der Waals surface area contributed by atoms with Crippen molar-refractivity contribution in [3.8, 4) is 11.4 Å². The third-order valence-electron chi connectivity index (χ3n) is 6.09. The van der Waals surface area contributed by atoms with Crippen molar-refractivity contribution in [1.29, 1.82) is 0 Å². The molecule has 3 N–H and O–H groups in total. The highest BCUT2D eigenvalue weighted by atomic mass is 35.5. The first-order valence-corrected chi connectivity index (χ1v) is 13.3. The number of H-pyrrole nitrogens is 2. The number of halogens is 1. The third-order valence-corrected chi connectivity index (χ3v) is 7.72. The van der Waals surface area contributed by atoms with Gasteiger partial charge in [-0.15, -0.1) is 5.69 Å². The fourth-order valence-corrected chi connectivity index (χ4v) is 5.16. The fourth-order valence-electron chi connectivity index (χ4n) is 3.95. The summed E-state index contributed by atoms with van der Waals surface area (Å²) in [5.74, 6) is 0.170. The number of sulfonamides is 1. The van der Waals surface area contributed by atoms with Gasteiger partial charge in [0.15, 0.2) is 11.0 Å². The summed E-state index contributed by atoms with van der Waals surface area (Å²) < 4.78 is 30.0. The molecule has 0 spiro atoms. The van der Waals surface area contributed by atoms with Crippen molar-refractivity contribution in [2.75, 3.05) is 5.32 Å². The molecule has 1 amide bonds. The minimum absolute atomic E-state index is 0.0217. The van der Waals surface area contributed by atoms with Crippen LogP contribution in [0.25, 0.3) is 27.1 Å². The molecule has 37 heavy (non-hydrogen) atoms. The van der Waals surface area contributed by atoms with Crippen molar-refractivity contribution in [3.63, 3.8) is 0 Å². The number of anilines is 1. The highest BCUT2D eigenvalue weighted by Gasteiger charge is 2.19. The Morgan fingerprint density at radius 1 is 0.919 bits per heavy atom. The first kappa shape index (κ1) is 24.5. The van der Waals surface area contributed by atoms with Gasteiger partial charge in [0, 0.05) is 0 Å². The van der Waals surface area contributed by atoms with Crippen molar-refractivity contribution in [2.24, 2.45) is 0 Å². The van der Waals surface area contributed by atoms with Gasteiger partial charge in [-0.25, -0.2) is 18.4 Å². The lowest BCUT2D eigenvalue weighted by Gasteiger charge is -2.23. The highest BCUT2D eigenvalue weighted by Crippen LogP contribution is 2.32. The Morgan fingerprint density at radius 3 is 2.46 bits per heavy atom. The number of para-hydroxylation sites is 3. The van der Waals surface area contributed by atoms with E-state index >= 15 is 0 Å². The number of fused-ring (bicyclic) bond motifs is 1. The number of aryl methyl sites for hydroxylation is 2. The van der Waals surface area contributed by atoms with Crippen molar-refractivity contribution >= 4 is 49.9 Å². The number of hydrogen-bond donors (Lipinski definition) is 2. The third kappa shape index (κ3) is 5.07. The number of imidazole rings is 1. The van der Waals surface area contributed by atoms with Crippen LogP contribution in [-0.4, -0.2) is 19.3 Å². The van der Waals surface area contributed by atoms with Crippen molar-refractivity contribution in [2.45, 2.75) is 18.7 Å². The molecule has 5 aromatic rings. The van der Waals surface area contributed by atoms with E-state index in [0.717, 1.165) is 27.7 Å². The van der Waals surface area contributed by atoms with Gasteiger partial charge < -0.3 is 10.0 Å². The van der Waals surface area contributed by atoms with Crippen LogP contribution in [0.3, 0.4) is 0 Å². The van der Waals surface area contributed by atoms with E-state index in [-0.39, 0.29) is 15.5 Å². The number of nitrogens with zero attached hydrogens (tertiary/aromatic N) is 1. The number of nitrogens with one attached hydrogen (secondary N) is 3. The Kier molecular flexibility index (Phi) is 6.45. The predicted octanol–water partition coefficient (Wildman–Crippen LogP) is 6.57. The van der Waals surface area contributed by atoms with E-state index in [0.29, 0.717) is 17.2 Å². The van der Waals surface area contributed by atoms with Crippen molar-refractivity contribution in [1.82, 2.24) is 4.98 Å². The normalized spacial score (nSPS) is 11.4. The molecule has 5 rings (SSSR count). The Morgan fingerprint density at radius 2 is 1.68 bits per heavy atom. The van der Waals surface area contributed by atoms with E-state index in [1.165, 1.54) is 18.2 Å². The van der Waals surface area contributed by atoms with E-state index in [1.807, 2.05) is 56.3 Å². The maximum Gasteiger partial charge on any atom is 0.287 e. The Balaban J connectivity index is 1.44. The highest BCUT2D eigenvalue weighted by molar-refractivity contribution is 7.94. The number of benzene rings is 4. The van der Waals surface area contributed by atoms with Gasteiger partial charge in [-0.2, -0.15) is 0 Å². The fraction of sp³-hybridized carbons (Fsp3) is 0.0714. The predicted molar refractivity (Wildman–Crippen MR) is 146 cm³/mol.